The highest BCUT2D eigenvalue weighted by atomic mass is 19.2. The summed E-state index contributed by atoms with van der Waals surface area (Å²) >= 11 is 0. The van der Waals surface area contributed by atoms with Gasteiger partial charge in [-0.1, -0.05) is 0 Å². The molecule has 0 aromatic heterocycles. The summed E-state index contributed by atoms with van der Waals surface area (Å²) in [6.45, 7) is 0. The van der Waals surface area contributed by atoms with Gasteiger partial charge in [-0.2, -0.15) is 5.11 Å². The molecular weight excluding hydrogens is 145 g/mol. The van der Waals surface area contributed by atoms with E-state index in [4.69, 9.17) is 0 Å². The lowest BCUT2D eigenvalue weighted by atomic mass is 10.1. The van der Waals surface area contributed by atoms with E-state index in [0.29, 0.717) is 6.08 Å². The van der Waals surface area contributed by atoms with E-state index in [1.165, 1.54) is 0 Å². The van der Waals surface area contributed by atoms with E-state index in [1.807, 2.05) is 0 Å². The molecule has 0 fully saturated rings. The molecule has 1 atom stereocenters. The molecule has 0 aromatic carbocycles. The van der Waals surface area contributed by atoms with Gasteiger partial charge >= 0.3 is 0 Å². The Morgan fingerprint density at radius 1 is 1.50 bits per heavy atom. The van der Waals surface area contributed by atoms with Gasteiger partial charge in [0.15, 0.2) is 0 Å². The van der Waals surface area contributed by atoms with E-state index < -0.39 is 23.9 Å². The number of rotatable bonds is 0. The average molecular weight is 149 g/mol. The van der Waals surface area contributed by atoms with Crippen LogP contribution in [0.25, 0.3) is 0 Å². The van der Waals surface area contributed by atoms with Crippen molar-refractivity contribution >= 4 is 0 Å². The fourth-order valence-corrected chi connectivity index (χ4v) is 0.730. The highest BCUT2D eigenvalue weighted by molar-refractivity contribution is 5.23. The van der Waals surface area contributed by atoms with Crippen molar-refractivity contribution in [3.8, 4) is 0 Å². The molecule has 4 heteroatoms. The lowest BCUT2D eigenvalue weighted by Crippen LogP contribution is -2.19. The van der Waals surface area contributed by atoms with E-state index in [0.717, 1.165) is 0 Å². The van der Waals surface area contributed by atoms with Crippen LogP contribution in [0.5, 0.6) is 0 Å². The van der Waals surface area contributed by atoms with Crippen LogP contribution in [0.15, 0.2) is 23.8 Å². The summed E-state index contributed by atoms with van der Waals surface area (Å²) in [7, 11) is 0. The minimum Gasteiger partial charge on any atom is -0.211 e. The van der Waals surface area contributed by atoms with E-state index >= 15 is 0 Å². The standard InChI is InChI=1S/C6H4F3O/c7-4-1-5(8)3-6(9,10)2-4/h1-2H,3H2. The van der Waals surface area contributed by atoms with Crippen molar-refractivity contribution in [1.82, 2.24) is 0 Å². The van der Waals surface area contributed by atoms with Gasteiger partial charge in [0.2, 0.25) is 0 Å². The Hall–Kier alpha value is -0.770. The van der Waals surface area contributed by atoms with Crippen LogP contribution in [0.2, 0.25) is 0 Å². The predicted octanol–water partition coefficient (Wildman–Crippen LogP) is 2.19. The topological polar surface area (TPSA) is 19.9 Å². The fraction of sp³-hybridized carbons (Fsp3) is 0.333. The lowest BCUT2D eigenvalue weighted by molar-refractivity contribution is -0.103. The van der Waals surface area contributed by atoms with E-state index in [1.54, 1.807) is 0 Å². The normalized spacial score (nSPS) is 33.2. The minimum absolute atomic E-state index is 0.218. The molecule has 0 bridgehead atoms. The Morgan fingerprint density at radius 2 is 2.10 bits per heavy atom. The Kier molecular flexibility index (Phi) is 1.56. The van der Waals surface area contributed by atoms with Crippen molar-refractivity contribution in [3.63, 3.8) is 0 Å². The van der Waals surface area contributed by atoms with Gasteiger partial charge in [-0.3, -0.25) is 0 Å². The van der Waals surface area contributed by atoms with E-state index in [2.05, 4.69) is 0 Å². The van der Waals surface area contributed by atoms with Crippen molar-refractivity contribution in [2.45, 2.75) is 12.3 Å². The summed E-state index contributed by atoms with van der Waals surface area (Å²) in [5.41, 5.74) is 0. The predicted molar refractivity (Wildman–Crippen MR) is 27.5 cm³/mol. The average Bonchev–Trinajstić information content (AvgIpc) is 1.54. The molecule has 0 saturated heterocycles. The van der Waals surface area contributed by atoms with Crippen molar-refractivity contribution in [2.24, 2.45) is 0 Å². The molecule has 10 heavy (non-hydrogen) atoms. The molecule has 0 aliphatic heterocycles. The van der Waals surface area contributed by atoms with Gasteiger partial charge in [-0.15, -0.1) is 0 Å². The smallest absolute Gasteiger partial charge is 0.211 e. The van der Waals surface area contributed by atoms with Gasteiger partial charge in [0.25, 0.3) is 5.85 Å². The van der Waals surface area contributed by atoms with E-state index in [9.17, 15) is 18.3 Å². The summed E-state index contributed by atoms with van der Waals surface area (Å²) in [4.78, 5) is 0. The highest BCUT2D eigenvalue weighted by Gasteiger charge is 2.31. The molecule has 0 N–H and O–H groups in total. The largest absolute Gasteiger partial charge is 0.268 e. The number of hydrogen-bond donors (Lipinski definition) is 0. The van der Waals surface area contributed by atoms with Crippen molar-refractivity contribution in [1.29, 1.82) is 0 Å². The number of allylic oxidation sites excluding steroid dienone is 2. The first-order valence-corrected chi connectivity index (χ1v) is 2.63. The molecule has 1 aliphatic rings. The third-order valence-corrected chi connectivity index (χ3v) is 1.06. The van der Waals surface area contributed by atoms with Crippen LogP contribution in [-0.4, -0.2) is 5.85 Å². The van der Waals surface area contributed by atoms with Crippen LogP contribution in [-0.2, 0) is 5.11 Å². The molecular formula is C6H4F3O. The molecule has 1 radical (unpaired) electrons. The third kappa shape index (κ3) is 1.60. The van der Waals surface area contributed by atoms with Crippen LogP contribution in [0.4, 0.5) is 13.2 Å². The zero-order valence-corrected chi connectivity index (χ0v) is 4.90. The fourth-order valence-electron chi connectivity index (χ4n) is 0.730. The van der Waals surface area contributed by atoms with Gasteiger partial charge in [0, 0.05) is 12.2 Å². The first-order chi connectivity index (χ1) is 4.49. The Morgan fingerprint density at radius 3 is 2.50 bits per heavy atom. The lowest BCUT2D eigenvalue weighted by Gasteiger charge is -2.13. The minimum atomic E-state index is -3.11. The first-order valence-electron chi connectivity index (χ1n) is 2.63. The molecule has 1 nitrogen and oxygen atoms in total. The first kappa shape index (κ1) is 7.34. The van der Waals surface area contributed by atoms with Gasteiger partial charge < -0.3 is 0 Å². The van der Waals surface area contributed by atoms with Crippen molar-refractivity contribution in [3.05, 3.63) is 23.8 Å². The highest BCUT2D eigenvalue weighted by Crippen LogP contribution is 2.29. The molecule has 0 saturated carbocycles. The van der Waals surface area contributed by atoms with Gasteiger partial charge in [0.1, 0.15) is 11.7 Å². The van der Waals surface area contributed by atoms with Gasteiger partial charge in [0.05, 0.1) is 6.42 Å². The molecule has 0 aromatic rings. The maximum atomic E-state index is 12.2. The molecule has 1 rings (SSSR count). The Balaban J connectivity index is 2.88. The maximum absolute atomic E-state index is 12.2. The maximum Gasteiger partial charge on any atom is 0.268 e. The quantitative estimate of drug-likeness (QED) is 0.503. The second-order valence-electron chi connectivity index (χ2n) is 2.08. The molecule has 0 amide bonds. The Bertz CT molecular complexity index is 205. The van der Waals surface area contributed by atoms with Crippen LogP contribution in [0.3, 0.4) is 0 Å². The number of halogens is 3. The van der Waals surface area contributed by atoms with Crippen molar-refractivity contribution in [2.75, 3.05) is 0 Å². The molecule has 55 valence electrons. The zero-order chi connectivity index (χ0) is 7.78. The van der Waals surface area contributed by atoms with Crippen LogP contribution >= 0.6 is 0 Å². The van der Waals surface area contributed by atoms with Crippen molar-refractivity contribution < 1.29 is 18.3 Å². The second-order valence-corrected chi connectivity index (χ2v) is 2.08. The monoisotopic (exact) mass is 149 g/mol. The summed E-state index contributed by atoms with van der Waals surface area (Å²) in [6.07, 6.45) is -0.202. The second kappa shape index (κ2) is 2.12. The van der Waals surface area contributed by atoms with Crippen LogP contribution in [0.1, 0.15) is 6.42 Å². The van der Waals surface area contributed by atoms with Crippen LogP contribution in [0, 0.1) is 0 Å². The summed E-state index contributed by atoms with van der Waals surface area (Å²) < 4.78 is 36.3. The SMILES string of the molecule is [O]C1(F)C=C(F)C=C(F)C1. The number of alkyl halides is 1. The molecule has 1 aliphatic carbocycles. The van der Waals surface area contributed by atoms with Gasteiger partial charge in [-0.05, 0) is 0 Å². The summed E-state index contributed by atoms with van der Waals surface area (Å²) in [5.74, 6) is -5.32. The van der Waals surface area contributed by atoms with Gasteiger partial charge in [-0.25, -0.2) is 13.2 Å². The van der Waals surface area contributed by atoms with E-state index in [-0.39, 0.29) is 6.08 Å². The molecule has 1 unspecified atom stereocenters. The zero-order valence-electron chi connectivity index (χ0n) is 4.90. The third-order valence-electron chi connectivity index (χ3n) is 1.06. The summed E-state index contributed by atoms with van der Waals surface area (Å²) in [6, 6.07) is 0. The molecule has 0 spiro atoms. The molecule has 0 heterocycles. The number of hydrogen-bond acceptors (Lipinski definition) is 0. The Labute approximate surface area is 55.5 Å². The van der Waals surface area contributed by atoms with Crippen LogP contribution < -0.4 is 0 Å². The summed E-state index contributed by atoms with van der Waals surface area (Å²) in [5, 5.41) is 10.3.